The van der Waals surface area contributed by atoms with E-state index in [4.69, 9.17) is 4.74 Å². The maximum absolute atomic E-state index is 6.21. The van der Waals surface area contributed by atoms with Crippen LogP contribution in [0.15, 0.2) is 6.07 Å². The Balaban J connectivity index is 1.74. The van der Waals surface area contributed by atoms with Gasteiger partial charge < -0.3 is 10.1 Å². The van der Waals surface area contributed by atoms with E-state index >= 15 is 0 Å². The van der Waals surface area contributed by atoms with Crippen molar-refractivity contribution >= 4 is 5.82 Å². The second kappa shape index (κ2) is 6.20. The molecule has 2 aliphatic carbocycles. The number of hydrogen-bond acceptors (Lipinski definition) is 4. The molecule has 4 nitrogen and oxygen atoms in total. The summed E-state index contributed by atoms with van der Waals surface area (Å²) in [5.41, 5.74) is 0. The number of rotatable bonds is 5. The molecule has 1 heterocycles. The Bertz CT molecular complexity index is 477. The normalized spacial score (nSPS) is 29.2. The van der Waals surface area contributed by atoms with Crippen molar-refractivity contribution in [2.24, 2.45) is 11.8 Å². The molecule has 4 heteroatoms. The first-order valence-electron chi connectivity index (χ1n) is 8.43. The van der Waals surface area contributed by atoms with Gasteiger partial charge in [0.25, 0.3) is 0 Å². The van der Waals surface area contributed by atoms with Crippen molar-refractivity contribution in [3.05, 3.63) is 11.9 Å². The van der Waals surface area contributed by atoms with E-state index in [0.717, 1.165) is 48.7 Å². The smallest absolute Gasteiger partial charge is 0.219 e. The summed E-state index contributed by atoms with van der Waals surface area (Å²) in [6, 6.07) is 1.96. The van der Waals surface area contributed by atoms with Gasteiger partial charge in [-0.15, -0.1) is 0 Å². The monoisotopic (exact) mass is 289 g/mol. The number of ether oxygens (including phenoxy) is 1. The van der Waals surface area contributed by atoms with Gasteiger partial charge in [-0.05, 0) is 50.9 Å². The van der Waals surface area contributed by atoms with Crippen LogP contribution in [-0.4, -0.2) is 22.6 Å². The van der Waals surface area contributed by atoms with Gasteiger partial charge in [-0.3, -0.25) is 0 Å². The van der Waals surface area contributed by atoms with Gasteiger partial charge in [-0.1, -0.05) is 13.8 Å². The zero-order valence-corrected chi connectivity index (χ0v) is 13.4. The molecule has 0 saturated heterocycles. The summed E-state index contributed by atoms with van der Waals surface area (Å²) in [6.07, 6.45) is 6.34. The summed E-state index contributed by atoms with van der Waals surface area (Å²) >= 11 is 0. The zero-order valence-electron chi connectivity index (χ0n) is 13.4. The highest BCUT2D eigenvalue weighted by atomic mass is 16.5. The van der Waals surface area contributed by atoms with Crippen LogP contribution < -0.4 is 10.1 Å². The van der Waals surface area contributed by atoms with Crippen molar-refractivity contribution in [1.82, 2.24) is 9.97 Å². The molecular weight excluding hydrogens is 262 g/mol. The number of aromatic nitrogens is 2. The quantitative estimate of drug-likeness (QED) is 0.890. The number of nitrogens with zero attached hydrogens (tertiary/aromatic N) is 2. The molecule has 0 radical (unpaired) electrons. The van der Waals surface area contributed by atoms with Crippen molar-refractivity contribution in [2.45, 2.75) is 64.9 Å². The topological polar surface area (TPSA) is 47.0 Å². The van der Waals surface area contributed by atoms with Gasteiger partial charge in [0.15, 0.2) is 0 Å². The van der Waals surface area contributed by atoms with Crippen LogP contribution in [0, 0.1) is 11.8 Å². The maximum atomic E-state index is 6.21. The SMILES string of the molecule is CCNc1cc(OC2CC(C)CC(C)C2)nc(C2CC2)n1. The summed E-state index contributed by atoms with van der Waals surface area (Å²) in [5.74, 6) is 4.67. The van der Waals surface area contributed by atoms with Gasteiger partial charge in [0.2, 0.25) is 5.88 Å². The van der Waals surface area contributed by atoms with Gasteiger partial charge in [0.05, 0.1) is 0 Å². The molecular formula is C17H27N3O. The molecule has 2 unspecified atom stereocenters. The molecule has 0 bridgehead atoms. The predicted molar refractivity (Wildman–Crippen MR) is 84.8 cm³/mol. The lowest BCUT2D eigenvalue weighted by atomic mass is 9.82. The largest absolute Gasteiger partial charge is 0.474 e. The fraction of sp³-hybridized carbons (Fsp3) is 0.765. The highest BCUT2D eigenvalue weighted by Gasteiger charge is 2.29. The highest BCUT2D eigenvalue weighted by molar-refractivity contribution is 5.39. The van der Waals surface area contributed by atoms with E-state index in [1.807, 2.05) is 6.07 Å². The van der Waals surface area contributed by atoms with Gasteiger partial charge in [0.1, 0.15) is 17.7 Å². The molecule has 2 aliphatic rings. The Morgan fingerprint density at radius 3 is 2.48 bits per heavy atom. The number of anilines is 1. The number of hydrogen-bond donors (Lipinski definition) is 1. The summed E-state index contributed by atoms with van der Waals surface area (Å²) in [4.78, 5) is 9.25. The molecule has 116 valence electrons. The Hall–Kier alpha value is -1.32. The summed E-state index contributed by atoms with van der Waals surface area (Å²) in [6.45, 7) is 7.61. The van der Waals surface area contributed by atoms with E-state index in [-0.39, 0.29) is 0 Å². The van der Waals surface area contributed by atoms with Crippen LogP contribution in [0.1, 0.15) is 64.6 Å². The molecule has 0 spiro atoms. The molecule has 2 atom stereocenters. The van der Waals surface area contributed by atoms with Crippen molar-refractivity contribution < 1.29 is 4.74 Å². The third-order valence-corrected chi connectivity index (χ3v) is 4.44. The molecule has 1 N–H and O–H groups in total. The molecule has 0 aliphatic heterocycles. The minimum Gasteiger partial charge on any atom is -0.474 e. The summed E-state index contributed by atoms with van der Waals surface area (Å²) < 4.78 is 6.21. The molecule has 0 amide bonds. The van der Waals surface area contributed by atoms with E-state index in [9.17, 15) is 0 Å². The third-order valence-electron chi connectivity index (χ3n) is 4.44. The Morgan fingerprint density at radius 2 is 1.86 bits per heavy atom. The van der Waals surface area contributed by atoms with E-state index in [0.29, 0.717) is 12.0 Å². The minimum absolute atomic E-state index is 0.306. The summed E-state index contributed by atoms with van der Waals surface area (Å²) in [5, 5.41) is 3.29. The fourth-order valence-electron chi connectivity index (χ4n) is 3.44. The molecule has 3 rings (SSSR count). The van der Waals surface area contributed by atoms with Crippen molar-refractivity contribution in [3.8, 4) is 5.88 Å². The Morgan fingerprint density at radius 1 is 1.14 bits per heavy atom. The fourth-order valence-corrected chi connectivity index (χ4v) is 3.44. The van der Waals surface area contributed by atoms with E-state index in [1.165, 1.54) is 19.3 Å². The molecule has 2 saturated carbocycles. The third kappa shape index (κ3) is 3.86. The first kappa shape index (κ1) is 14.6. The molecule has 1 aromatic heterocycles. The molecule has 1 aromatic rings. The Labute approximate surface area is 127 Å². The second-order valence-corrected chi connectivity index (χ2v) is 6.91. The molecule has 21 heavy (non-hydrogen) atoms. The lowest BCUT2D eigenvalue weighted by molar-refractivity contribution is 0.0964. The van der Waals surface area contributed by atoms with E-state index in [2.05, 4.69) is 36.1 Å². The van der Waals surface area contributed by atoms with Crippen LogP contribution in [0.25, 0.3) is 0 Å². The average Bonchev–Trinajstić information content (AvgIpc) is 3.21. The van der Waals surface area contributed by atoms with E-state index in [1.54, 1.807) is 0 Å². The standard InChI is InChI=1S/C17H27N3O/c1-4-18-15-10-16(20-17(19-15)13-5-6-13)21-14-8-11(2)7-12(3)9-14/h10-14H,4-9H2,1-3H3,(H,18,19,20). The first-order valence-corrected chi connectivity index (χ1v) is 8.43. The summed E-state index contributed by atoms with van der Waals surface area (Å²) in [7, 11) is 0. The average molecular weight is 289 g/mol. The molecule has 0 aromatic carbocycles. The van der Waals surface area contributed by atoms with Gasteiger partial charge in [-0.2, -0.15) is 4.98 Å². The van der Waals surface area contributed by atoms with Crippen LogP contribution in [0.4, 0.5) is 5.82 Å². The number of nitrogens with one attached hydrogen (secondary N) is 1. The van der Waals surface area contributed by atoms with Crippen LogP contribution in [-0.2, 0) is 0 Å². The van der Waals surface area contributed by atoms with E-state index < -0.39 is 0 Å². The van der Waals surface area contributed by atoms with Gasteiger partial charge in [0, 0.05) is 18.5 Å². The minimum atomic E-state index is 0.306. The van der Waals surface area contributed by atoms with Crippen LogP contribution in [0.5, 0.6) is 5.88 Å². The van der Waals surface area contributed by atoms with Crippen LogP contribution in [0.3, 0.4) is 0 Å². The van der Waals surface area contributed by atoms with Crippen LogP contribution in [0.2, 0.25) is 0 Å². The highest BCUT2D eigenvalue weighted by Crippen LogP contribution is 2.39. The maximum Gasteiger partial charge on any atom is 0.219 e. The zero-order chi connectivity index (χ0) is 14.8. The van der Waals surface area contributed by atoms with Crippen LogP contribution >= 0.6 is 0 Å². The van der Waals surface area contributed by atoms with Crippen molar-refractivity contribution in [1.29, 1.82) is 0 Å². The lowest BCUT2D eigenvalue weighted by Gasteiger charge is -2.31. The predicted octanol–water partition coefficient (Wildman–Crippen LogP) is 3.99. The molecule has 2 fully saturated rings. The van der Waals surface area contributed by atoms with Gasteiger partial charge >= 0.3 is 0 Å². The van der Waals surface area contributed by atoms with Crippen molar-refractivity contribution in [2.75, 3.05) is 11.9 Å². The van der Waals surface area contributed by atoms with Gasteiger partial charge in [-0.25, -0.2) is 4.98 Å². The Kier molecular flexibility index (Phi) is 4.32. The lowest BCUT2D eigenvalue weighted by Crippen LogP contribution is -2.29. The second-order valence-electron chi connectivity index (χ2n) is 6.91. The van der Waals surface area contributed by atoms with Crippen molar-refractivity contribution in [3.63, 3.8) is 0 Å². The first-order chi connectivity index (χ1) is 10.1.